The van der Waals surface area contributed by atoms with Gasteiger partial charge in [-0.05, 0) is 37.5 Å². The largest absolute Gasteiger partial charge is 0.326 e. The Kier molecular flexibility index (Phi) is 2.98. The average molecular weight is 280 g/mol. The fourth-order valence-electron chi connectivity index (χ4n) is 2.21. The molecule has 2 aromatic rings. The predicted molar refractivity (Wildman–Crippen MR) is 71.6 cm³/mol. The topological polar surface area (TPSA) is 57.8 Å². The Hall–Kier alpha value is -1.88. The maximum Gasteiger partial charge on any atom is 0.255 e. The van der Waals surface area contributed by atoms with Crippen LogP contribution in [0.5, 0.6) is 0 Å². The van der Waals surface area contributed by atoms with Gasteiger partial charge in [-0.25, -0.2) is 9.37 Å². The molecule has 6 heteroatoms. The van der Waals surface area contributed by atoms with Crippen molar-refractivity contribution in [1.29, 1.82) is 0 Å². The predicted octanol–water partition coefficient (Wildman–Crippen LogP) is 2.79. The minimum Gasteiger partial charge on any atom is -0.326 e. The molecule has 0 spiro atoms. The summed E-state index contributed by atoms with van der Waals surface area (Å²) < 4.78 is 13.0. The van der Waals surface area contributed by atoms with Gasteiger partial charge in [-0.15, -0.1) is 0 Å². The van der Waals surface area contributed by atoms with Gasteiger partial charge in [0.1, 0.15) is 5.82 Å². The lowest BCUT2D eigenvalue weighted by molar-refractivity contribution is 0.628. The van der Waals surface area contributed by atoms with Crippen LogP contribution >= 0.6 is 11.6 Å². The summed E-state index contributed by atoms with van der Waals surface area (Å²) in [6, 6.07) is 4.24. The van der Waals surface area contributed by atoms with Crippen LogP contribution in [0.4, 0.5) is 16.0 Å². The fourth-order valence-corrected chi connectivity index (χ4v) is 2.39. The highest BCUT2D eigenvalue weighted by Gasteiger charge is 2.17. The van der Waals surface area contributed by atoms with E-state index in [0.717, 1.165) is 30.5 Å². The van der Waals surface area contributed by atoms with Gasteiger partial charge in [0, 0.05) is 11.3 Å². The lowest BCUT2D eigenvalue weighted by Crippen LogP contribution is -2.16. The monoisotopic (exact) mass is 279 g/mol. The van der Waals surface area contributed by atoms with Gasteiger partial charge in [0.15, 0.2) is 0 Å². The minimum atomic E-state index is -0.484. The molecule has 1 aliphatic carbocycles. The first kappa shape index (κ1) is 12.2. The summed E-state index contributed by atoms with van der Waals surface area (Å²) in [5.74, 6) is -0.129. The third kappa shape index (κ3) is 2.33. The Bertz CT molecular complexity index is 699. The van der Waals surface area contributed by atoms with Crippen molar-refractivity contribution >= 4 is 23.2 Å². The number of benzene rings is 1. The number of H-pyrrole nitrogens is 1. The number of aromatic amines is 1. The van der Waals surface area contributed by atoms with E-state index in [-0.39, 0.29) is 10.6 Å². The molecule has 0 atom stereocenters. The highest BCUT2D eigenvalue weighted by atomic mass is 35.5. The van der Waals surface area contributed by atoms with Crippen molar-refractivity contribution in [2.24, 2.45) is 0 Å². The maximum absolute atomic E-state index is 13.0. The Labute approximate surface area is 113 Å². The van der Waals surface area contributed by atoms with Crippen molar-refractivity contribution < 1.29 is 4.39 Å². The SMILES string of the molecule is O=c1[nH]c(Nc2ccc(F)c(Cl)c2)nc2c1CCC2. The number of nitrogens with one attached hydrogen (secondary N) is 2. The van der Waals surface area contributed by atoms with Crippen molar-refractivity contribution in [2.75, 3.05) is 5.32 Å². The van der Waals surface area contributed by atoms with Gasteiger partial charge < -0.3 is 5.32 Å². The molecule has 1 aromatic carbocycles. The molecule has 0 saturated carbocycles. The normalized spacial score (nSPS) is 13.4. The number of hydrogen-bond acceptors (Lipinski definition) is 3. The van der Waals surface area contributed by atoms with Gasteiger partial charge in [-0.2, -0.15) is 0 Å². The quantitative estimate of drug-likeness (QED) is 0.889. The molecule has 2 N–H and O–H groups in total. The summed E-state index contributed by atoms with van der Waals surface area (Å²) in [4.78, 5) is 18.9. The van der Waals surface area contributed by atoms with E-state index in [2.05, 4.69) is 15.3 Å². The van der Waals surface area contributed by atoms with E-state index < -0.39 is 5.82 Å². The first-order valence-electron chi connectivity index (χ1n) is 5.97. The summed E-state index contributed by atoms with van der Waals surface area (Å²) in [6.45, 7) is 0. The number of hydrogen-bond donors (Lipinski definition) is 2. The Balaban J connectivity index is 1.93. The van der Waals surface area contributed by atoms with Crippen LogP contribution in [0, 0.1) is 5.82 Å². The molecule has 98 valence electrons. The van der Waals surface area contributed by atoms with Crippen molar-refractivity contribution in [3.63, 3.8) is 0 Å². The van der Waals surface area contributed by atoms with Crippen LogP contribution in [0.3, 0.4) is 0 Å². The van der Waals surface area contributed by atoms with Crippen LogP contribution in [0.2, 0.25) is 5.02 Å². The summed E-state index contributed by atoms with van der Waals surface area (Å²) in [7, 11) is 0. The number of nitrogens with zero attached hydrogens (tertiary/aromatic N) is 1. The first-order valence-corrected chi connectivity index (χ1v) is 6.35. The number of halogens is 2. The van der Waals surface area contributed by atoms with E-state index in [1.54, 1.807) is 0 Å². The van der Waals surface area contributed by atoms with E-state index in [1.807, 2.05) is 0 Å². The number of fused-ring (bicyclic) bond motifs is 1. The molecule has 1 aliphatic rings. The van der Waals surface area contributed by atoms with Crippen molar-refractivity contribution in [2.45, 2.75) is 19.3 Å². The van der Waals surface area contributed by atoms with Crippen LogP contribution in [0.15, 0.2) is 23.0 Å². The Morgan fingerprint density at radius 2 is 2.21 bits per heavy atom. The molecular weight excluding hydrogens is 269 g/mol. The van der Waals surface area contributed by atoms with Crippen molar-refractivity contribution in [3.8, 4) is 0 Å². The Morgan fingerprint density at radius 1 is 1.37 bits per heavy atom. The smallest absolute Gasteiger partial charge is 0.255 e. The third-order valence-electron chi connectivity index (χ3n) is 3.12. The number of rotatable bonds is 2. The molecule has 0 saturated heterocycles. The maximum atomic E-state index is 13.0. The van der Waals surface area contributed by atoms with Crippen LogP contribution in [0.25, 0.3) is 0 Å². The summed E-state index contributed by atoms with van der Waals surface area (Å²) in [5, 5.41) is 2.95. The van der Waals surface area contributed by atoms with Crippen molar-refractivity contribution in [3.05, 3.63) is 50.7 Å². The summed E-state index contributed by atoms with van der Waals surface area (Å²) in [5.41, 5.74) is 2.06. The average Bonchev–Trinajstić information content (AvgIpc) is 2.82. The van der Waals surface area contributed by atoms with Gasteiger partial charge in [0.25, 0.3) is 5.56 Å². The van der Waals surface area contributed by atoms with E-state index in [1.165, 1.54) is 18.2 Å². The van der Waals surface area contributed by atoms with E-state index in [9.17, 15) is 9.18 Å². The number of aromatic nitrogens is 2. The molecule has 1 heterocycles. The van der Waals surface area contributed by atoms with Gasteiger partial charge >= 0.3 is 0 Å². The highest BCUT2D eigenvalue weighted by Crippen LogP contribution is 2.22. The Morgan fingerprint density at radius 3 is 3.00 bits per heavy atom. The molecular formula is C13H11ClFN3O. The van der Waals surface area contributed by atoms with Crippen LogP contribution in [-0.2, 0) is 12.8 Å². The second-order valence-electron chi connectivity index (χ2n) is 4.45. The van der Waals surface area contributed by atoms with E-state index >= 15 is 0 Å². The van der Waals surface area contributed by atoms with Crippen LogP contribution in [0.1, 0.15) is 17.7 Å². The van der Waals surface area contributed by atoms with Gasteiger partial charge in [0.2, 0.25) is 5.95 Å². The molecule has 0 aliphatic heterocycles. The molecule has 0 radical (unpaired) electrons. The minimum absolute atomic E-state index is 0.0218. The summed E-state index contributed by atoms with van der Waals surface area (Å²) in [6.07, 6.45) is 2.55. The zero-order chi connectivity index (χ0) is 13.4. The highest BCUT2D eigenvalue weighted by molar-refractivity contribution is 6.31. The molecule has 0 unspecified atom stereocenters. The number of aryl methyl sites for hydroxylation is 1. The van der Waals surface area contributed by atoms with Gasteiger partial charge in [-0.3, -0.25) is 9.78 Å². The molecule has 4 nitrogen and oxygen atoms in total. The first-order chi connectivity index (χ1) is 9.13. The lowest BCUT2D eigenvalue weighted by atomic mass is 10.2. The van der Waals surface area contributed by atoms with E-state index in [0.29, 0.717) is 11.6 Å². The zero-order valence-corrected chi connectivity index (χ0v) is 10.7. The molecule has 1 aromatic heterocycles. The second-order valence-corrected chi connectivity index (χ2v) is 4.85. The van der Waals surface area contributed by atoms with Crippen LogP contribution < -0.4 is 10.9 Å². The molecule has 19 heavy (non-hydrogen) atoms. The molecule has 0 fully saturated rings. The third-order valence-corrected chi connectivity index (χ3v) is 3.41. The second kappa shape index (κ2) is 4.66. The fraction of sp³-hybridized carbons (Fsp3) is 0.231. The zero-order valence-electron chi connectivity index (χ0n) is 9.96. The van der Waals surface area contributed by atoms with Gasteiger partial charge in [0.05, 0.1) is 10.7 Å². The molecule has 0 bridgehead atoms. The van der Waals surface area contributed by atoms with E-state index in [4.69, 9.17) is 11.6 Å². The lowest BCUT2D eigenvalue weighted by Gasteiger charge is -2.07. The van der Waals surface area contributed by atoms with Crippen LogP contribution in [-0.4, -0.2) is 9.97 Å². The van der Waals surface area contributed by atoms with Gasteiger partial charge in [-0.1, -0.05) is 11.6 Å². The summed E-state index contributed by atoms with van der Waals surface area (Å²) >= 11 is 5.70. The number of anilines is 2. The standard InChI is InChI=1S/C13H11ClFN3O/c14-9-6-7(4-5-10(9)15)16-13-17-11-3-1-2-8(11)12(19)18-13/h4-6H,1-3H2,(H2,16,17,18,19). The van der Waals surface area contributed by atoms with Crippen molar-refractivity contribution in [1.82, 2.24) is 9.97 Å². The molecule has 3 rings (SSSR count). The molecule has 0 amide bonds.